The second-order valence-corrected chi connectivity index (χ2v) is 4.49. The summed E-state index contributed by atoms with van der Waals surface area (Å²) in [6.45, 7) is 10.1. The molecule has 0 fully saturated rings. The third-order valence-electron chi connectivity index (χ3n) is 3.37. The maximum Gasteiger partial charge on any atom is 0.300 e. The number of amides is 1. The molecule has 18 heavy (non-hydrogen) atoms. The number of furan rings is 1. The Morgan fingerprint density at radius 3 is 2.72 bits per heavy atom. The van der Waals surface area contributed by atoms with Crippen molar-refractivity contribution in [1.29, 1.82) is 0 Å². The zero-order chi connectivity index (χ0) is 13.7. The molecule has 0 bridgehead atoms. The summed E-state index contributed by atoms with van der Waals surface area (Å²) in [4.78, 5) is 13.7. The minimum atomic E-state index is -0.393. The number of rotatable bonds is 6. The number of nitrogen functional groups attached to an aromatic ring is 1. The highest BCUT2D eigenvalue weighted by Gasteiger charge is 2.17. The van der Waals surface area contributed by atoms with Gasteiger partial charge in [-0.2, -0.15) is 0 Å². The minimum absolute atomic E-state index is 0.269. The van der Waals surface area contributed by atoms with Gasteiger partial charge in [0, 0.05) is 18.2 Å². The second kappa shape index (κ2) is 6.56. The summed E-state index contributed by atoms with van der Waals surface area (Å²) in [5, 5.41) is 0. The molecule has 1 amide bonds. The van der Waals surface area contributed by atoms with Crippen LogP contribution in [0.25, 0.3) is 0 Å². The lowest BCUT2D eigenvalue weighted by Crippen LogP contribution is -2.32. The third kappa shape index (κ3) is 3.34. The largest absolute Gasteiger partial charge is 0.456 e. The van der Waals surface area contributed by atoms with Crippen LogP contribution in [0.1, 0.15) is 49.1 Å². The van der Waals surface area contributed by atoms with Gasteiger partial charge in [-0.1, -0.05) is 13.8 Å². The summed E-state index contributed by atoms with van der Waals surface area (Å²) in [6.07, 6.45) is 1.10. The van der Waals surface area contributed by atoms with E-state index in [9.17, 15) is 4.79 Å². The van der Waals surface area contributed by atoms with Crippen molar-refractivity contribution in [3.05, 3.63) is 23.2 Å². The fourth-order valence-electron chi connectivity index (χ4n) is 1.92. The maximum absolute atomic E-state index is 11.4. The molecule has 0 aliphatic heterocycles. The normalized spacial score (nSPS) is 12.8. The van der Waals surface area contributed by atoms with Gasteiger partial charge in [0.2, 0.25) is 0 Å². The van der Waals surface area contributed by atoms with Crippen LogP contribution in [0, 0.1) is 6.92 Å². The lowest BCUT2D eigenvalue weighted by Gasteiger charge is -2.26. The van der Waals surface area contributed by atoms with Crippen LogP contribution in [0.5, 0.6) is 0 Å². The standard InChI is InChI=1S/C13H23N3O2/c1-5-9(3)16(6-2)8-11-7-12(13(17)15-14)18-10(11)4/h7,9H,5-6,8,14H2,1-4H3,(H,15,17). The summed E-state index contributed by atoms with van der Waals surface area (Å²) in [7, 11) is 0. The van der Waals surface area contributed by atoms with Gasteiger partial charge in [0.1, 0.15) is 5.76 Å². The summed E-state index contributed by atoms with van der Waals surface area (Å²) >= 11 is 0. The summed E-state index contributed by atoms with van der Waals surface area (Å²) in [5.41, 5.74) is 3.11. The molecule has 1 rings (SSSR count). The number of carbonyl (C=O) groups excluding carboxylic acids is 1. The lowest BCUT2D eigenvalue weighted by atomic mass is 10.1. The zero-order valence-electron chi connectivity index (χ0n) is 11.6. The van der Waals surface area contributed by atoms with Crippen LogP contribution in [0.2, 0.25) is 0 Å². The number of hydrogen-bond donors (Lipinski definition) is 2. The highest BCUT2D eigenvalue weighted by molar-refractivity contribution is 5.91. The predicted octanol–water partition coefficient (Wildman–Crippen LogP) is 1.81. The SMILES string of the molecule is CCC(C)N(CC)Cc1cc(C(=O)NN)oc1C. The first-order valence-corrected chi connectivity index (χ1v) is 6.37. The third-order valence-corrected chi connectivity index (χ3v) is 3.37. The predicted molar refractivity (Wildman–Crippen MR) is 70.9 cm³/mol. The number of nitrogens with two attached hydrogens (primary N) is 1. The molecule has 0 radical (unpaired) electrons. The first-order chi connectivity index (χ1) is 8.53. The van der Waals surface area contributed by atoms with Crippen molar-refractivity contribution in [3.8, 4) is 0 Å². The van der Waals surface area contributed by atoms with Crippen molar-refractivity contribution in [2.24, 2.45) is 5.84 Å². The quantitative estimate of drug-likeness (QED) is 0.461. The molecule has 0 aliphatic carbocycles. The van der Waals surface area contributed by atoms with E-state index in [0.717, 1.165) is 30.8 Å². The molecule has 1 atom stereocenters. The number of aryl methyl sites for hydroxylation is 1. The van der Waals surface area contributed by atoms with Crippen molar-refractivity contribution in [2.45, 2.75) is 46.7 Å². The molecule has 102 valence electrons. The van der Waals surface area contributed by atoms with Gasteiger partial charge in [-0.3, -0.25) is 15.1 Å². The van der Waals surface area contributed by atoms with Crippen molar-refractivity contribution in [1.82, 2.24) is 10.3 Å². The summed E-state index contributed by atoms with van der Waals surface area (Å²) in [6, 6.07) is 2.28. The Balaban J connectivity index is 2.83. The number of carbonyl (C=O) groups is 1. The topological polar surface area (TPSA) is 71.5 Å². The minimum Gasteiger partial charge on any atom is -0.456 e. The van der Waals surface area contributed by atoms with Crippen molar-refractivity contribution in [3.63, 3.8) is 0 Å². The molecular formula is C13H23N3O2. The molecular weight excluding hydrogens is 230 g/mol. The van der Waals surface area contributed by atoms with E-state index in [0.29, 0.717) is 6.04 Å². The van der Waals surface area contributed by atoms with Gasteiger partial charge in [-0.05, 0) is 32.9 Å². The molecule has 1 heterocycles. The van der Waals surface area contributed by atoms with Crippen LogP contribution in [0.15, 0.2) is 10.5 Å². The Hall–Kier alpha value is -1.33. The molecule has 0 aromatic carbocycles. The number of hydrogen-bond acceptors (Lipinski definition) is 4. The molecule has 1 aromatic rings. The molecule has 0 saturated heterocycles. The number of nitrogens with zero attached hydrogens (tertiary/aromatic N) is 1. The number of hydrazine groups is 1. The summed E-state index contributed by atoms with van der Waals surface area (Å²) in [5.74, 6) is 5.74. The van der Waals surface area contributed by atoms with Gasteiger partial charge in [0.15, 0.2) is 5.76 Å². The van der Waals surface area contributed by atoms with Crippen LogP contribution in [-0.4, -0.2) is 23.4 Å². The van der Waals surface area contributed by atoms with Crippen molar-refractivity contribution < 1.29 is 9.21 Å². The molecule has 3 N–H and O–H groups in total. The van der Waals surface area contributed by atoms with E-state index in [4.69, 9.17) is 10.3 Å². The van der Waals surface area contributed by atoms with E-state index in [1.54, 1.807) is 6.07 Å². The fraction of sp³-hybridized carbons (Fsp3) is 0.615. The van der Waals surface area contributed by atoms with E-state index in [1.807, 2.05) is 6.92 Å². The van der Waals surface area contributed by atoms with Gasteiger partial charge in [0.25, 0.3) is 0 Å². The highest BCUT2D eigenvalue weighted by Crippen LogP contribution is 2.18. The first kappa shape index (κ1) is 14.7. The first-order valence-electron chi connectivity index (χ1n) is 6.37. The second-order valence-electron chi connectivity index (χ2n) is 4.49. The Kier molecular flexibility index (Phi) is 5.37. The summed E-state index contributed by atoms with van der Waals surface area (Å²) < 4.78 is 5.41. The van der Waals surface area contributed by atoms with Gasteiger partial charge in [-0.15, -0.1) is 0 Å². The molecule has 0 saturated carbocycles. The van der Waals surface area contributed by atoms with Gasteiger partial charge < -0.3 is 4.42 Å². The Morgan fingerprint density at radius 2 is 2.22 bits per heavy atom. The van der Waals surface area contributed by atoms with E-state index >= 15 is 0 Å². The van der Waals surface area contributed by atoms with Crippen LogP contribution < -0.4 is 11.3 Å². The molecule has 1 unspecified atom stereocenters. The number of nitrogens with one attached hydrogen (secondary N) is 1. The maximum atomic E-state index is 11.4. The molecule has 5 nitrogen and oxygen atoms in total. The zero-order valence-corrected chi connectivity index (χ0v) is 11.6. The monoisotopic (exact) mass is 253 g/mol. The van der Waals surface area contributed by atoms with Crippen LogP contribution >= 0.6 is 0 Å². The van der Waals surface area contributed by atoms with Gasteiger partial charge in [-0.25, -0.2) is 5.84 Å². The fourth-order valence-corrected chi connectivity index (χ4v) is 1.92. The highest BCUT2D eigenvalue weighted by atomic mass is 16.4. The molecule has 0 spiro atoms. The van der Waals surface area contributed by atoms with Gasteiger partial charge in [0.05, 0.1) is 0 Å². The average Bonchev–Trinajstić information content (AvgIpc) is 2.75. The van der Waals surface area contributed by atoms with E-state index < -0.39 is 5.91 Å². The molecule has 0 aliphatic rings. The smallest absolute Gasteiger partial charge is 0.300 e. The van der Waals surface area contributed by atoms with E-state index in [2.05, 4.69) is 31.1 Å². The van der Waals surface area contributed by atoms with Crippen LogP contribution in [0.3, 0.4) is 0 Å². The molecule has 5 heteroatoms. The Labute approximate surface area is 108 Å². The molecule has 1 aromatic heterocycles. The average molecular weight is 253 g/mol. The van der Waals surface area contributed by atoms with Crippen LogP contribution in [-0.2, 0) is 6.54 Å². The van der Waals surface area contributed by atoms with E-state index in [-0.39, 0.29) is 5.76 Å². The Bertz CT molecular complexity index is 401. The van der Waals surface area contributed by atoms with Crippen molar-refractivity contribution >= 4 is 5.91 Å². The lowest BCUT2D eigenvalue weighted by molar-refractivity contribution is 0.0924. The van der Waals surface area contributed by atoms with Crippen molar-refractivity contribution in [2.75, 3.05) is 6.54 Å². The van der Waals surface area contributed by atoms with Crippen LogP contribution in [0.4, 0.5) is 0 Å². The Morgan fingerprint density at radius 1 is 1.56 bits per heavy atom. The van der Waals surface area contributed by atoms with E-state index in [1.165, 1.54) is 0 Å². The van der Waals surface area contributed by atoms with Gasteiger partial charge >= 0.3 is 5.91 Å².